The molecule has 1 aliphatic rings. The fourth-order valence-corrected chi connectivity index (χ4v) is 2.75. The second-order valence-corrected chi connectivity index (χ2v) is 5.70. The van der Waals surface area contributed by atoms with E-state index in [1.54, 1.807) is 6.07 Å². The first-order valence-corrected chi connectivity index (χ1v) is 7.38. The van der Waals surface area contributed by atoms with Crippen molar-refractivity contribution in [1.29, 1.82) is 0 Å². The quantitative estimate of drug-likeness (QED) is 0.816. The molecule has 0 saturated heterocycles. The van der Waals surface area contributed by atoms with Crippen molar-refractivity contribution in [3.05, 3.63) is 29.6 Å². The average molecular weight is 294 g/mol. The molecule has 0 bridgehead atoms. The minimum atomic E-state index is -0.326. The second-order valence-electron chi connectivity index (χ2n) is 5.70. The molecule has 0 aliphatic carbocycles. The largest absolute Gasteiger partial charge is 0.468 e. The van der Waals surface area contributed by atoms with Crippen LogP contribution in [0.15, 0.2) is 18.2 Å². The summed E-state index contributed by atoms with van der Waals surface area (Å²) in [4.78, 5) is 13.9. The van der Waals surface area contributed by atoms with E-state index >= 15 is 0 Å². The van der Waals surface area contributed by atoms with Crippen LogP contribution < -0.4 is 10.2 Å². The molecular weight excluding hydrogens is 271 g/mol. The number of carbonyl (C=O) groups excluding carboxylic acids is 1. The Kier molecular flexibility index (Phi) is 5.17. The number of fused-ring (bicyclic) bond motifs is 1. The Morgan fingerprint density at radius 2 is 2.24 bits per heavy atom. The van der Waals surface area contributed by atoms with Gasteiger partial charge in [-0.15, -0.1) is 0 Å². The molecule has 0 saturated carbocycles. The van der Waals surface area contributed by atoms with Gasteiger partial charge in [-0.05, 0) is 30.5 Å². The number of halogens is 1. The van der Waals surface area contributed by atoms with E-state index in [9.17, 15) is 9.18 Å². The molecule has 1 unspecified atom stereocenters. The first kappa shape index (κ1) is 15.8. The maximum absolute atomic E-state index is 13.4. The van der Waals surface area contributed by atoms with Gasteiger partial charge in [-0.25, -0.2) is 4.39 Å². The standard InChI is InChI=1S/C16H23FN2O2/c1-11(2)18-14(16(20)21-3)7-9-19-8-6-12-4-5-13(17)10-15(12)19/h4-5,10-11,14,18H,6-9H2,1-3H3. The van der Waals surface area contributed by atoms with Gasteiger partial charge in [-0.2, -0.15) is 0 Å². The highest BCUT2D eigenvalue weighted by Crippen LogP contribution is 2.28. The predicted molar refractivity (Wildman–Crippen MR) is 81.0 cm³/mol. The third-order valence-electron chi connectivity index (χ3n) is 3.75. The number of rotatable bonds is 6. The van der Waals surface area contributed by atoms with Crippen molar-refractivity contribution in [2.45, 2.75) is 38.8 Å². The van der Waals surface area contributed by atoms with Crippen molar-refractivity contribution in [3.8, 4) is 0 Å². The van der Waals surface area contributed by atoms with Gasteiger partial charge in [0.15, 0.2) is 0 Å². The highest BCUT2D eigenvalue weighted by molar-refractivity contribution is 5.75. The summed E-state index contributed by atoms with van der Waals surface area (Å²) in [6, 6.07) is 4.80. The summed E-state index contributed by atoms with van der Waals surface area (Å²) in [7, 11) is 1.40. The molecule has 21 heavy (non-hydrogen) atoms. The van der Waals surface area contributed by atoms with Crippen molar-refractivity contribution in [2.75, 3.05) is 25.1 Å². The second kappa shape index (κ2) is 6.89. The molecule has 1 atom stereocenters. The van der Waals surface area contributed by atoms with E-state index < -0.39 is 0 Å². The number of nitrogens with one attached hydrogen (secondary N) is 1. The van der Waals surface area contributed by atoms with Crippen LogP contribution in [-0.4, -0.2) is 38.3 Å². The molecule has 116 valence electrons. The van der Waals surface area contributed by atoms with Crippen molar-refractivity contribution >= 4 is 11.7 Å². The zero-order chi connectivity index (χ0) is 15.4. The lowest BCUT2D eigenvalue weighted by Crippen LogP contribution is -2.43. The molecule has 2 rings (SSSR count). The average Bonchev–Trinajstić information content (AvgIpc) is 2.84. The number of nitrogens with zero attached hydrogens (tertiary/aromatic N) is 1. The first-order valence-electron chi connectivity index (χ1n) is 7.38. The number of anilines is 1. The lowest BCUT2D eigenvalue weighted by atomic mass is 10.1. The minimum Gasteiger partial charge on any atom is -0.468 e. The summed E-state index contributed by atoms with van der Waals surface area (Å²) < 4.78 is 18.2. The molecule has 1 aromatic carbocycles. The van der Waals surface area contributed by atoms with Gasteiger partial charge in [0, 0.05) is 24.8 Å². The fraction of sp³-hybridized carbons (Fsp3) is 0.562. The zero-order valence-electron chi connectivity index (χ0n) is 12.9. The highest BCUT2D eigenvalue weighted by atomic mass is 19.1. The Bertz CT molecular complexity index is 505. The Hall–Kier alpha value is -1.62. The summed E-state index contributed by atoms with van der Waals surface area (Å²) in [6.45, 7) is 5.57. The summed E-state index contributed by atoms with van der Waals surface area (Å²) in [5, 5.41) is 3.21. The highest BCUT2D eigenvalue weighted by Gasteiger charge is 2.24. The summed E-state index contributed by atoms with van der Waals surface area (Å²) in [5.74, 6) is -0.465. The summed E-state index contributed by atoms with van der Waals surface area (Å²) in [5.41, 5.74) is 2.12. The SMILES string of the molecule is COC(=O)C(CCN1CCc2ccc(F)cc21)NC(C)C. The number of esters is 1. The molecule has 1 heterocycles. The molecule has 1 N–H and O–H groups in total. The lowest BCUT2D eigenvalue weighted by molar-refractivity contribution is -0.143. The van der Waals surface area contributed by atoms with Crippen molar-refractivity contribution in [1.82, 2.24) is 5.32 Å². The van der Waals surface area contributed by atoms with Crippen LogP contribution in [0.5, 0.6) is 0 Å². The lowest BCUT2D eigenvalue weighted by Gasteiger charge is -2.24. The summed E-state index contributed by atoms with van der Waals surface area (Å²) >= 11 is 0. The van der Waals surface area contributed by atoms with E-state index in [-0.39, 0.29) is 23.9 Å². The van der Waals surface area contributed by atoms with Crippen LogP contribution in [-0.2, 0) is 16.0 Å². The Morgan fingerprint density at radius 1 is 1.48 bits per heavy atom. The number of carbonyl (C=O) groups is 1. The van der Waals surface area contributed by atoms with Crippen LogP contribution in [0.25, 0.3) is 0 Å². The van der Waals surface area contributed by atoms with E-state index in [2.05, 4.69) is 10.2 Å². The number of ether oxygens (including phenoxy) is 1. The predicted octanol–water partition coefficient (Wildman–Crippen LogP) is 2.12. The molecule has 1 aromatic rings. The minimum absolute atomic E-state index is 0.206. The first-order chi connectivity index (χ1) is 10.0. The number of hydrogen-bond acceptors (Lipinski definition) is 4. The molecule has 1 aliphatic heterocycles. The van der Waals surface area contributed by atoms with E-state index in [4.69, 9.17) is 4.74 Å². The van der Waals surface area contributed by atoms with Gasteiger partial charge in [-0.3, -0.25) is 4.79 Å². The maximum Gasteiger partial charge on any atom is 0.322 e. The zero-order valence-corrected chi connectivity index (χ0v) is 12.9. The third-order valence-corrected chi connectivity index (χ3v) is 3.75. The van der Waals surface area contributed by atoms with Crippen molar-refractivity contribution in [3.63, 3.8) is 0 Å². The van der Waals surface area contributed by atoms with E-state index in [0.717, 1.165) is 18.7 Å². The Balaban J connectivity index is 1.99. The number of benzene rings is 1. The normalized spacial score (nSPS) is 15.2. The van der Waals surface area contributed by atoms with Crippen molar-refractivity contribution < 1.29 is 13.9 Å². The molecule has 0 amide bonds. The topological polar surface area (TPSA) is 41.6 Å². The van der Waals surface area contributed by atoms with Crippen molar-refractivity contribution in [2.24, 2.45) is 0 Å². The molecule has 0 radical (unpaired) electrons. The maximum atomic E-state index is 13.4. The molecule has 0 fully saturated rings. The van der Waals surface area contributed by atoms with Crippen LogP contribution in [0.1, 0.15) is 25.8 Å². The van der Waals surface area contributed by atoms with Gasteiger partial charge in [-0.1, -0.05) is 19.9 Å². The van der Waals surface area contributed by atoms with Crippen LogP contribution in [0.2, 0.25) is 0 Å². The fourth-order valence-electron chi connectivity index (χ4n) is 2.75. The molecule has 0 aromatic heterocycles. The van der Waals surface area contributed by atoms with Crippen LogP contribution in [0, 0.1) is 5.82 Å². The van der Waals surface area contributed by atoms with Gasteiger partial charge >= 0.3 is 5.97 Å². The van der Waals surface area contributed by atoms with E-state index in [0.29, 0.717) is 13.0 Å². The van der Waals surface area contributed by atoms with E-state index in [1.165, 1.54) is 18.7 Å². The molecule has 5 heteroatoms. The van der Waals surface area contributed by atoms with Gasteiger partial charge < -0.3 is 15.0 Å². The Morgan fingerprint density at radius 3 is 2.90 bits per heavy atom. The molecule has 0 spiro atoms. The van der Waals surface area contributed by atoms with Crippen LogP contribution >= 0.6 is 0 Å². The monoisotopic (exact) mass is 294 g/mol. The molecule has 4 nitrogen and oxygen atoms in total. The van der Waals surface area contributed by atoms with Crippen LogP contribution in [0.4, 0.5) is 10.1 Å². The van der Waals surface area contributed by atoms with Gasteiger partial charge in [0.2, 0.25) is 0 Å². The molecular formula is C16H23FN2O2. The smallest absolute Gasteiger partial charge is 0.322 e. The van der Waals surface area contributed by atoms with Gasteiger partial charge in [0.05, 0.1) is 7.11 Å². The number of hydrogen-bond donors (Lipinski definition) is 1. The number of methoxy groups -OCH3 is 1. The summed E-state index contributed by atoms with van der Waals surface area (Å²) in [6.07, 6.45) is 1.57. The van der Waals surface area contributed by atoms with Gasteiger partial charge in [0.25, 0.3) is 0 Å². The van der Waals surface area contributed by atoms with E-state index in [1.807, 2.05) is 19.9 Å². The van der Waals surface area contributed by atoms with Gasteiger partial charge in [0.1, 0.15) is 11.9 Å². The van der Waals surface area contributed by atoms with Crippen LogP contribution in [0.3, 0.4) is 0 Å². The Labute approximate surface area is 125 Å². The third kappa shape index (κ3) is 3.94.